The summed E-state index contributed by atoms with van der Waals surface area (Å²) in [6.07, 6.45) is 8.46. The number of cyclic esters (lactones) is 1. The third-order valence-electron chi connectivity index (χ3n) is 9.38. The summed E-state index contributed by atoms with van der Waals surface area (Å²) in [4.78, 5) is 40.8. The SMILES string of the molecule is C[Si](C)(c1ccccc1)[C@@H](CCC(=O)CCCCCCCCOCc1ccccc1)CC(=O)N1C(=O)OC[C@@H]1Cc1ccccc1. The highest BCUT2D eigenvalue weighted by atomic mass is 28.3. The van der Waals surface area contributed by atoms with Gasteiger partial charge in [-0.25, -0.2) is 9.69 Å². The molecule has 2 amide bonds. The van der Waals surface area contributed by atoms with Gasteiger partial charge in [-0.3, -0.25) is 9.59 Å². The predicted octanol–water partition coefficient (Wildman–Crippen LogP) is 8.25. The van der Waals surface area contributed by atoms with Crippen LogP contribution in [0.3, 0.4) is 0 Å². The summed E-state index contributed by atoms with van der Waals surface area (Å²) >= 11 is 0. The van der Waals surface area contributed by atoms with Crippen molar-refractivity contribution in [1.29, 1.82) is 0 Å². The van der Waals surface area contributed by atoms with Crippen LogP contribution in [0.25, 0.3) is 0 Å². The Labute approximate surface area is 276 Å². The van der Waals surface area contributed by atoms with E-state index in [2.05, 4.69) is 37.4 Å². The molecule has 6 nitrogen and oxygen atoms in total. The molecule has 1 aliphatic heterocycles. The topological polar surface area (TPSA) is 72.9 Å². The molecule has 0 bridgehead atoms. The molecular weight excluding hydrogens is 591 g/mol. The molecule has 1 aliphatic rings. The van der Waals surface area contributed by atoms with Gasteiger partial charge in [0.05, 0.1) is 20.7 Å². The third-order valence-corrected chi connectivity index (χ3v) is 13.7. The fourth-order valence-corrected chi connectivity index (χ4v) is 9.46. The van der Waals surface area contributed by atoms with Gasteiger partial charge in [-0.2, -0.15) is 0 Å². The number of unbranched alkanes of at least 4 members (excludes halogenated alkanes) is 5. The molecule has 0 aromatic heterocycles. The molecule has 1 saturated heterocycles. The Kier molecular flexibility index (Phi) is 14.2. The smallest absolute Gasteiger partial charge is 0.416 e. The Morgan fingerprint density at radius 2 is 1.39 bits per heavy atom. The fraction of sp³-hybridized carbons (Fsp3) is 0.462. The second-order valence-corrected chi connectivity index (χ2v) is 18.0. The Morgan fingerprint density at radius 3 is 2.07 bits per heavy atom. The van der Waals surface area contributed by atoms with E-state index in [4.69, 9.17) is 9.47 Å². The number of ketones is 1. The minimum atomic E-state index is -2.15. The number of Topliss-reactive ketones (excluding diaryl/α,β-unsaturated/α-hetero) is 1. The zero-order chi connectivity index (χ0) is 32.6. The number of hydrogen-bond donors (Lipinski definition) is 0. The Bertz CT molecular complexity index is 1350. The van der Waals surface area contributed by atoms with E-state index >= 15 is 0 Å². The molecule has 0 aliphatic carbocycles. The molecule has 3 aromatic carbocycles. The van der Waals surface area contributed by atoms with Gasteiger partial charge in [0.15, 0.2) is 0 Å². The van der Waals surface area contributed by atoms with Crippen molar-refractivity contribution in [2.75, 3.05) is 13.2 Å². The van der Waals surface area contributed by atoms with Gasteiger partial charge in [-0.15, -0.1) is 0 Å². The standard InChI is InChI=1S/C39H51NO5Si/c1-46(2,36-23-15-9-16-24-36)37(29-38(42)40-34(31-45-39(40)43)28-32-18-10-7-11-19-32)26-25-35(41)22-14-5-3-4-6-17-27-44-30-33-20-12-8-13-21-33/h7-13,15-16,18-21,23-24,34,37H,3-6,14,17,22,25-31H2,1-2H3/t34-,37-/m0/s1. The lowest BCUT2D eigenvalue weighted by Crippen LogP contribution is -2.49. The van der Waals surface area contributed by atoms with Crippen molar-refractivity contribution >= 4 is 31.0 Å². The van der Waals surface area contributed by atoms with E-state index in [0.29, 0.717) is 32.3 Å². The van der Waals surface area contributed by atoms with E-state index < -0.39 is 14.2 Å². The van der Waals surface area contributed by atoms with Crippen LogP contribution in [0, 0.1) is 0 Å². The van der Waals surface area contributed by atoms with Gasteiger partial charge < -0.3 is 9.47 Å². The van der Waals surface area contributed by atoms with Gasteiger partial charge in [0.2, 0.25) is 5.91 Å². The second-order valence-electron chi connectivity index (χ2n) is 13.2. The number of hydrogen-bond acceptors (Lipinski definition) is 5. The van der Waals surface area contributed by atoms with E-state index in [-0.39, 0.29) is 36.3 Å². The summed E-state index contributed by atoms with van der Waals surface area (Å²) in [7, 11) is -2.15. The molecule has 1 heterocycles. The number of imide groups is 1. The summed E-state index contributed by atoms with van der Waals surface area (Å²) < 4.78 is 11.1. The van der Waals surface area contributed by atoms with Crippen LogP contribution in [0.15, 0.2) is 91.0 Å². The normalized spacial score (nSPS) is 15.5. The summed E-state index contributed by atoms with van der Waals surface area (Å²) in [5.41, 5.74) is 2.30. The molecule has 246 valence electrons. The van der Waals surface area contributed by atoms with Crippen molar-refractivity contribution in [3.63, 3.8) is 0 Å². The van der Waals surface area contributed by atoms with Crippen LogP contribution < -0.4 is 5.19 Å². The van der Waals surface area contributed by atoms with E-state index in [1.807, 2.05) is 66.7 Å². The number of benzene rings is 3. The van der Waals surface area contributed by atoms with Crippen LogP contribution in [0.2, 0.25) is 18.6 Å². The van der Waals surface area contributed by atoms with Crippen LogP contribution in [0.1, 0.15) is 75.3 Å². The monoisotopic (exact) mass is 641 g/mol. The fourth-order valence-electron chi connectivity index (χ4n) is 6.39. The summed E-state index contributed by atoms with van der Waals surface area (Å²) in [6.45, 7) is 6.22. The molecule has 4 rings (SSSR count). The first kappa shape index (κ1) is 35.3. The Hall–Kier alpha value is -3.55. The molecule has 46 heavy (non-hydrogen) atoms. The van der Waals surface area contributed by atoms with Gasteiger partial charge >= 0.3 is 6.09 Å². The molecule has 0 spiro atoms. The van der Waals surface area contributed by atoms with Crippen molar-refractivity contribution in [2.24, 2.45) is 0 Å². The van der Waals surface area contributed by atoms with Gasteiger partial charge in [0.1, 0.15) is 12.4 Å². The first-order chi connectivity index (χ1) is 22.3. The van der Waals surface area contributed by atoms with Crippen molar-refractivity contribution < 1.29 is 23.9 Å². The maximum Gasteiger partial charge on any atom is 0.416 e. The molecule has 1 fully saturated rings. The quantitative estimate of drug-likeness (QED) is 0.0918. The van der Waals surface area contributed by atoms with Crippen LogP contribution >= 0.6 is 0 Å². The molecule has 3 aromatic rings. The van der Waals surface area contributed by atoms with E-state index in [9.17, 15) is 14.4 Å². The summed E-state index contributed by atoms with van der Waals surface area (Å²) in [5.74, 6) is 0.0787. The minimum absolute atomic E-state index is 0.0289. The molecular formula is C39H51NO5Si. The van der Waals surface area contributed by atoms with Crippen molar-refractivity contribution in [1.82, 2.24) is 4.90 Å². The lowest BCUT2D eigenvalue weighted by Gasteiger charge is -2.34. The summed E-state index contributed by atoms with van der Waals surface area (Å²) in [6, 6.07) is 30.2. The predicted molar refractivity (Wildman–Crippen MR) is 187 cm³/mol. The molecule has 7 heteroatoms. The Balaban J connectivity index is 1.22. The van der Waals surface area contributed by atoms with Crippen molar-refractivity contribution in [2.45, 2.75) is 102 Å². The third kappa shape index (κ3) is 11.1. The number of amides is 2. The van der Waals surface area contributed by atoms with Gasteiger partial charge in [-0.1, -0.05) is 135 Å². The highest BCUT2D eigenvalue weighted by Gasteiger charge is 2.41. The molecule has 0 saturated carbocycles. The van der Waals surface area contributed by atoms with Crippen LogP contribution in [0.4, 0.5) is 4.79 Å². The maximum absolute atomic E-state index is 13.8. The minimum Gasteiger partial charge on any atom is -0.447 e. The number of carbonyl (C=O) groups is 3. The van der Waals surface area contributed by atoms with E-state index in [0.717, 1.165) is 50.7 Å². The zero-order valence-corrected chi connectivity index (χ0v) is 28.7. The average molecular weight is 642 g/mol. The van der Waals surface area contributed by atoms with Gasteiger partial charge in [0.25, 0.3) is 0 Å². The van der Waals surface area contributed by atoms with Crippen molar-refractivity contribution in [3.8, 4) is 0 Å². The number of ether oxygens (including phenoxy) is 2. The van der Waals surface area contributed by atoms with Crippen LogP contribution in [0.5, 0.6) is 0 Å². The molecule has 0 N–H and O–H groups in total. The molecule has 2 atom stereocenters. The van der Waals surface area contributed by atoms with E-state index in [1.54, 1.807) is 0 Å². The Morgan fingerprint density at radius 1 is 0.804 bits per heavy atom. The highest BCUT2D eigenvalue weighted by Crippen LogP contribution is 2.33. The lowest BCUT2D eigenvalue weighted by atomic mass is 10.0. The maximum atomic E-state index is 13.8. The van der Waals surface area contributed by atoms with Crippen LogP contribution in [-0.4, -0.2) is 50.0 Å². The first-order valence-electron chi connectivity index (χ1n) is 17.1. The van der Waals surface area contributed by atoms with Gasteiger partial charge in [-0.05, 0) is 42.4 Å². The number of carbonyl (C=O) groups excluding carboxylic acids is 3. The summed E-state index contributed by atoms with van der Waals surface area (Å²) in [5, 5.41) is 1.26. The van der Waals surface area contributed by atoms with Crippen LogP contribution in [-0.2, 0) is 32.1 Å². The zero-order valence-electron chi connectivity index (χ0n) is 27.7. The first-order valence-corrected chi connectivity index (χ1v) is 20.1. The van der Waals surface area contributed by atoms with Crippen molar-refractivity contribution in [3.05, 3.63) is 102 Å². The molecule has 0 radical (unpaired) electrons. The highest BCUT2D eigenvalue weighted by molar-refractivity contribution is 6.91. The van der Waals surface area contributed by atoms with E-state index in [1.165, 1.54) is 15.7 Å². The van der Waals surface area contributed by atoms with Gasteiger partial charge in [0, 0.05) is 25.9 Å². The molecule has 0 unspecified atom stereocenters. The second kappa shape index (κ2) is 18.6. The number of nitrogens with zero attached hydrogens (tertiary/aromatic N) is 1. The lowest BCUT2D eigenvalue weighted by molar-refractivity contribution is -0.129. The average Bonchev–Trinajstić information content (AvgIpc) is 3.44. The number of rotatable bonds is 20. The largest absolute Gasteiger partial charge is 0.447 e.